The maximum atomic E-state index is 12.2. The van der Waals surface area contributed by atoms with Gasteiger partial charge in [-0.15, -0.1) is 0 Å². The summed E-state index contributed by atoms with van der Waals surface area (Å²) in [5.74, 6) is 0.276. The third kappa shape index (κ3) is 2.73. The first kappa shape index (κ1) is 13.9. The lowest BCUT2D eigenvalue weighted by Gasteiger charge is -2.25. The number of aliphatic imine (C=N–C) groups is 1. The van der Waals surface area contributed by atoms with E-state index in [1.807, 2.05) is 13.0 Å². The molecule has 0 radical (unpaired) electrons. The topological polar surface area (TPSA) is 70.6 Å². The van der Waals surface area contributed by atoms with Crippen LogP contribution in [0.15, 0.2) is 28.1 Å². The van der Waals surface area contributed by atoms with Gasteiger partial charge in [0.05, 0.1) is 5.69 Å². The van der Waals surface area contributed by atoms with Crippen LogP contribution in [0, 0.1) is 0 Å². The van der Waals surface area contributed by atoms with Crippen molar-refractivity contribution in [2.75, 3.05) is 11.9 Å². The lowest BCUT2D eigenvalue weighted by atomic mass is 9.87. The Morgan fingerprint density at radius 1 is 1.26 bits per heavy atom. The number of hydrogen-bond acceptors (Lipinski definition) is 3. The molecule has 19 heavy (non-hydrogen) atoms. The van der Waals surface area contributed by atoms with E-state index < -0.39 is 10.0 Å². The molecule has 6 heteroatoms. The molecule has 1 heterocycles. The van der Waals surface area contributed by atoms with Gasteiger partial charge in [0.15, 0.2) is 0 Å². The smallest absolute Gasteiger partial charge is 0.266 e. The van der Waals surface area contributed by atoms with Crippen molar-refractivity contribution in [3.63, 3.8) is 0 Å². The number of rotatable bonds is 1. The Kier molecular flexibility index (Phi) is 3.30. The summed E-state index contributed by atoms with van der Waals surface area (Å²) in [6, 6.07) is 5.45. The minimum absolute atomic E-state index is 0.0949. The van der Waals surface area contributed by atoms with Crippen molar-refractivity contribution in [3.05, 3.63) is 23.8 Å². The average Bonchev–Trinajstić information content (AvgIpc) is 2.26. The molecular weight excluding hydrogens is 262 g/mol. The molecule has 104 valence electrons. The molecule has 0 bridgehead atoms. The number of hydrogen-bond donors (Lipinski definition) is 2. The largest absolute Gasteiger partial charge is 0.324 e. The van der Waals surface area contributed by atoms with Gasteiger partial charge in [-0.1, -0.05) is 26.8 Å². The first-order valence-corrected chi connectivity index (χ1v) is 7.71. The summed E-state index contributed by atoms with van der Waals surface area (Å²) < 4.78 is 26.9. The Bertz CT molecular complexity index is 628. The van der Waals surface area contributed by atoms with E-state index in [1.54, 1.807) is 12.1 Å². The lowest BCUT2D eigenvalue weighted by molar-refractivity contribution is 0.582. The van der Waals surface area contributed by atoms with Gasteiger partial charge in [0.2, 0.25) is 5.96 Å². The molecule has 0 unspecified atom stereocenters. The fraction of sp³-hybridized carbons (Fsp3) is 0.462. The van der Waals surface area contributed by atoms with E-state index in [1.165, 1.54) is 0 Å². The van der Waals surface area contributed by atoms with Gasteiger partial charge >= 0.3 is 0 Å². The molecular formula is C13H19N3O2S. The highest BCUT2D eigenvalue weighted by molar-refractivity contribution is 7.90. The fourth-order valence-electron chi connectivity index (χ4n) is 1.88. The van der Waals surface area contributed by atoms with Crippen LogP contribution < -0.4 is 10.0 Å². The SMILES string of the molecule is CCN=C1Nc2ccc(C(C)(C)C)cc2S(=O)(=O)N1. The molecule has 0 aliphatic carbocycles. The summed E-state index contributed by atoms with van der Waals surface area (Å²) in [5, 5.41) is 2.99. The summed E-state index contributed by atoms with van der Waals surface area (Å²) in [7, 11) is -3.54. The minimum Gasteiger partial charge on any atom is -0.324 e. The van der Waals surface area contributed by atoms with E-state index in [9.17, 15) is 8.42 Å². The molecule has 1 aliphatic rings. The first-order valence-electron chi connectivity index (χ1n) is 6.23. The molecule has 0 spiro atoms. The van der Waals surface area contributed by atoms with E-state index in [-0.39, 0.29) is 16.3 Å². The van der Waals surface area contributed by atoms with Gasteiger partial charge in [0.1, 0.15) is 4.90 Å². The average molecular weight is 281 g/mol. The zero-order valence-corrected chi connectivity index (χ0v) is 12.4. The second-order valence-electron chi connectivity index (χ2n) is 5.51. The van der Waals surface area contributed by atoms with Crippen molar-refractivity contribution in [1.29, 1.82) is 0 Å². The number of benzene rings is 1. The van der Waals surface area contributed by atoms with Crippen molar-refractivity contribution in [1.82, 2.24) is 4.72 Å². The predicted molar refractivity (Wildman–Crippen MR) is 77.1 cm³/mol. The molecule has 1 aliphatic heterocycles. The minimum atomic E-state index is -3.54. The van der Waals surface area contributed by atoms with Crippen molar-refractivity contribution in [2.24, 2.45) is 4.99 Å². The van der Waals surface area contributed by atoms with Crippen LogP contribution in [-0.4, -0.2) is 20.9 Å². The zero-order valence-electron chi connectivity index (χ0n) is 11.6. The van der Waals surface area contributed by atoms with Crippen LogP contribution in [0.5, 0.6) is 0 Å². The number of nitrogens with one attached hydrogen (secondary N) is 2. The summed E-state index contributed by atoms with van der Waals surface area (Å²) in [5.41, 5.74) is 1.45. The predicted octanol–water partition coefficient (Wildman–Crippen LogP) is 2.06. The van der Waals surface area contributed by atoms with Crippen molar-refractivity contribution >= 4 is 21.7 Å². The molecule has 1 aromatic rings. The van der Waals surface area contributed by atoms with Gasteiger partial charge in [-0.3, -0.25) is 4.99 Å². The molecule has 0 aromatic heterocycles. The van der Waals surface area contributed by atoms with Crippen LogP contribution in [0.1, 0.15) is 33.3 Å². The zero-order chi connectivity index (χ0) is 14.3. The number of sulfonamides is 1. The Morgan fingerprint density at radius 3 is 2.53 bits per heavy atom. The quantitative estimate of drug-likeness (QED) is 0.827. The fourth-order valence-corrected chi connectivity index (χ4v) is 3.05. The van der Waals surface area contributed by atoms with E-state index in [0.717, 1.165) is 5.56 Å². The van der Waals surface area contributed by atoms with E-state index in [2.05, 4.69) is 35.8 Å². The summed E-state index contributed by atoms with van der Waals surface area (Å²) in [4.78, 5) is 4.34. The standard InChI is InChI=1S/C13H19N3O2S/c1-5-14-12-15-10-7-6-9(13(2,3)4)8-11(10)19(17,18)16-12/h6-8H,5H2,1-4H3,(H2,14,15,16). The Labute approximate surface area is 114 Å². The monoisotopic (exact) mass is 281 g/mol. The third-order valence-electron chi connectivity index (χ3n) is 2.94. The summed E-state index contributed by atoms with van der Waals surface area (Å²) >= 11 is 0. The first-order chi connectivity index (χ1) is 8.74. The van der Waals surface area contributed by atoms with Crippen molar-refractivity contribution in [2.45, 2.75) is 38.0 Å². The van der Waals surface area contributed by atoms with Crippen LogP contribution in [0.3, 0.4) is 0 Å². The van der Waals surface area contributed by atoms with Gasteiger partial charge in [-0.25, -0.2) is 13.1 Å². The Morgan fingerprint density at radius 2 is 1.95 bits per heavy atom. The van der Waals surface area contributed by atoms with E-state index >= 15 is 0 Å². The second kappa shape index (κ2) is 4.52. The number of anilines is 1. The van der Waals surface area contributed by atoms with Crippen LogP contribution >= 0.6 is 0 Å². The van der Waals surface area contributed by atoms with Crippen LogP contribution in [0.2, 0.25) is 0 Å². The molecule has 0 fully saturated rings. The van der Waals surface area contributed by atoms with E-state index in [0.29, 0.717) is 12.2 Å². The molecule has 1 aromatic carbocycles. The third-order valence-corrected chi connectivity index (χ3v) is 4.32. The molecule has 5 nitrogen and oxygen atoms in total. The summed E-state index contributed by atoms with van der Waals surface area (Å²) in [6.45, 7) is 8.51. The summed E-state index contributed by atoms with van der Waals surface area (Å²) in [6.07, 6.45) is 0. The second-order valence-corrected chi connectivity index (χ2v) is 7.17. The van der Waals surface area contributed by atoms with Gasteiger partial charge < -0.3 is 5.32 Å². The van der Waals surface area contributed by atoms with E-state index in [4.69, 9.17) is 0 Å². The molecule has 0 saturated carbocycles. The molecule has 2 N–H and O–H groups in total. The van der Waals surface area contributed by atoms with Gasteiger partial charge in [-0.2, -0.15) is 0 Å². The highest BCUT2D eigenvalue weighted by atomic mass is 32.2. The van der Waals surface area contributed by atoms with Crippen molar-refractivity contribution in [3.8, 4) is 0 Å². The van der Waals surface area contributed by atoms with Gasteiger partial charge in [-0.05, 0) is 30.0 Å². The number of guanidine groups is 1. The molecule has 0 atom stereocenters. The normalized spacial score (nSPS) is 19.5. The highest BCUT2D eigenvalue weighted by Gasteiger charge is 2.28. The molecule has 0 saturated heterocycles. The molecule has 0 amide bonds. The number of nitrogens with zero attached hydrogens (tertiary/aromatic N) is 1. The van der Waals surface area contributed by atoms with Gasteiger partial charge in [0.25, 0.3) is 10.0 Å². The van der Waals surface area contributed by atoms with Crippen LogP contribution in [0.25, 0.3) is 0 Å². The van der Waals surface area contributed by atoms with Crippen LogP contribution in [0.4, 0.5) is 5.69 Å². The molecule has 2 rings (SSSR count). The van der Waals surface area contributed by atoms with Crippen molar-refractivity contribution < 1.29 is 8.42 Å². The highest BCUT2D eigenvalue weighted by Crippen LogP contribution is 2.31. The van der Waals surface area contributed by atoms with Crippen LogP contribution in [-0.2, 0) is 15.4 Å². The van der Waals surface area contributed by atoms with Gasteiger partial charge in [0, 0.05) is 6.54 Å². The maximum absolute atomic E-state index is 12.2. The number of fused-ring (bicyclic) bond motifs is 1. The maximum Gasteiger partial charge on any atom is 0.266 e. The Balaban J connectivity index is 2.55. The lowest BCUT2D eigenvalue weighted by Crippen LogP contribution is -2.41. The Hall–Kier alpha value is -1.56.